The number of nitrogens with one attached hydrogen (secondary N) is 1. The van der Waals surface area contributed by atoms with E-state index in [2.05, 4.69) is 9.97 Å². The molecule has 114 valence electrons. The zero-order chi connectivity index (χ0) is 15.7. The first-order valence-electron chi connectivity index (χ1n) is 7.33. The monoisotopic (exact) mass is 297 g/mol. The maximum absolute atomic E-state index is 11.6. The van der Waals surface area contributed by atoms with Gasteiger partial charge in [0.05, 0.1) is 17.8 Å². The number of aliphatic hydroxyl groups excluding tert-OH is 1. The lowest BCUT2D eigenvalue weighted by molar-refractivity contribution is -0.120. The lowest BCUT2D eigenvalue weighted by Crippen LogP contribution is -2.24. The maximum Gasteiger partial charge on any atom is 0.134 e. The number of pyridine rings is 1. The van der Waals surface area contributed by atoms with Crippen LogP contribution in [-0.4, -0.2) is 27.4 Å². The van der Waals surface area contributed by atoms with Crippen LogP contribution < -0.4 is 5.73 Å². The van der Waals surface area contributed by atoms with Gasteiger partial charge in [0.15, 0.2) is 0 Å². The average molecular weight is 297 g/mol. The van der Waals surface area contributed by atoms with Gasteiger partial charge in [-0.25, -0.2) is 0 Å². The molecule has 0 aliphatic heterocycles. The van der Waals surface area contributed by atoms with Gasteiger partial charge in [0, 0.05) is 41.4 Å². The van der Waals surface area contributed by atoms with Gasteiger partial charge in [-0.05, 0) is 24.6 Å². The van der Waals surface area contributed by atoms with Crippen LogP contribution in [0, 0.1) is 5.92 Å². The molecule has 22 heavy (non-hydrogen) atoms. The number of rotatable bonds is 5. The Balaban J connectivity index is 2.13. The van der Waals surface area contributed by atoms with Gasteiger partial charge in [-0.2, -0.15) is 0 Å². The van der Waals surface area contributed by atoms with E-state index in [0.717, 1.165) is 33.1 Å². The lowest BCUT2D eigenvalue weighted by Gasteiger charge is -2.10. The minimum absolute atomic E-state index is 0.00992. The van der Waals surface area contributed by atoms with Crippen molar-refractivity contribution in [3.8, 4) is 0 Å². The number of nitrogens with two attached hydrogens (primary N) is 1. The first-order chi connectivity index (χ1) is 10.6. The molecule has 0 radical (unpaired) electrons. The van der Waals surface area contributed by atoms with Crippen LogP contribution in [0.15, 0.2) is 30.5 Å². The van der Waals surface area contributed by atoms with E-state index in [0.29, 0.717) is 13.0 Å². The largest absolute Gasteiger partial charge is 0.392 e. The number of aromatic amines is 1. The van der Waals surface area contributed by atoms with E-state index < -0.39 is 0 Å². The number of carbonyl (C=O) groups excluding carboxylic acids is 1. The van der Waals surface area contributed by atoms with E-state index in [1.54, 1.807) is 13.1 Å². The van der Waals surface area contributed by atoms with Crippen LogP contribution in [0.3, 0.4) is 0 Å². The van der Waals surface area contributed by atoms with Crippen LogP contribution in [0.2, 0.25) is 0 Å². The zero-order valence-electron chi connectivity index (χ0n) is 12.5. The third-order valence-corrected chi connectivity index (χ3v) is 4.15. The Morgan fingerprint density at radius 2 is 2.18 bits per heavy atom. The Kier molecular flexibility index (Phi) is 3.92. The Morgan fingerprint density at radius 1 is 1.36 bits per heavy atom. The van der Waals surface area contributed by atoms with Crippen molar-refractivity contribution in [3.05, 3.63) is 41.7 Å². The van der Waals surface area contributed by atoms with Gasteiger partial charge in [0.25, 0.3) is 0 Å². The van der Waals surface area contributed by atoms with Crippen LogP contribution in [0.4, 0.5) is 0 Å². The highest BCUT2D eigenvalue weighted by molar-refractivity contribution is 6.08. The first kappa shape index (κ1) is 14.7. The second-order valence-corrected chi connectivity index (χ2v) is 5.59. The minimum atomic E-state index is -0.211. The second kappa shape index (κ2) is 5.87. The summed E-state index contributed by atoms with van der Waals surface area (Å²) in [6.07, 6.45) is 2.29. The van der Waals surface area contributed by atoms with Gasteiger partial charge in [0.1, 0.15) is 5.78 Å². The van der Waals surface area contributed by atoms with Crippen molar-refractivity contribution < 1.29 is 9.90 Å². The molecule has 0 saturated heterocycles. The number of benzene rings is 1. The molecule has 1 atom stereocenters. The highest BCUT2D eigenvalue weighted by atomic mass is 16.3. The van der Waals surface area contributed by atoms with Gasteiger partial charge in [0.2, 0.25) is 0 Å². The van der Waals surface area contributed by atoms with Gasteiger partial charge < -0.3 is 15.8 Å². The van der Waals surface area contributed by atoms with Crippen LogP contribution in [0.5, 0.6) is 0 Å². The molecule has 2 aromatic heterocycles. The van der Waals surface area contributed by atoms with E-state index in [1.165, 1.54) is 0 Å². The highest BCUT2D eigenvalue weighted by Gasteiger charge is 2.17. The number of nitrogens with zero attached hydrogens (tertiary/aromatic N) is 1. The Morgan fingerprint density at radius 3 is 2.86 bits per heavy atom. The molecule has 2 heterocycles. The highest BCUT2D eigenvalue weighted by Crippen LogP contribution is 2.28. The lowest BCUT2D eigenvalue weighted by atomic mass is 9.98. The molecule has 0 aliphatic rings. The number of H-pyrrole nitrogens is 1. The number of aromatic nitrogens is 2. The summed E-state index contributed by atoms with van der Waals surface area (Å²) in [5.74, 6) is -0.127. The average Bonchev–Trinajstić information content (AvgIpc) is 2.90. The first-order valence-corrected chi connectivity index (χ1v) is 7.33. The second-order valence-electron chi connectivity index (χ2n) is 5.59. The summed E-state index contributed by atoms with van der Waals surface area (Å²) in [7, 11) is 0. The molecule has 5 heteroatoms. The SMILES string of the molecule is CC(=O)C(CN)Cc1nccc2c1[nH]c1cc(CO)ccc12. The predicted molar refractivity (Wildman–Crippen MR) is 86.5 cm³/mol. The van der Waals surface area contributed by atoms with Crippen molar-refractivity contribution in [2.75, 3.05) is 6.54 Å². The molecule has 3 aromatic rings. The number of aliphatic hydroxyl groups is 1. The summed E-state index contributed by atoms with van der Waals surface area (Å²) in [6, 6.07) is 7.80. The van der Waals surface area contributed by atoms with Crippen molar-refractivity contribution in [1.29, 1.82) is 0 Å². The molecule has 5 nitrogen and oxygen atoms in total. The van der Waals surface area contributed by atoms with Crippen molar-refractivity contribution in [1.82, 2.24) is 9.97 Å². The molecular weight excluding hydrogens is 278 g/mol. The fourth-order valence-electron chi connectivity index (χ4n) is 2.81. The normalized spacial score (nSPS) is 12.9. The standard InChI is InChI=1S/C17H19N3O2/c1-10(22)12(8-18)7-16-17-14(4-5-19-16)13-3-2-11(9-21)6-15(13)20-17/h2-6,12,20-21H,7-9,18H2,1H3. The molecule has 1 aromatic carbocycles. The van der Waals surface area contributed by atoms with E-state index in [-0.39, 0.29) is 18.3 Å². The van der Waals surface area contributed by atoms with Crippen LogP contribution in [0.1, 0.15) is 18.2 Å². The maximum atomic E-state index is 11.6. The fraction of sp³-hybridized carbons (Fsp3) is 0.294. The van der Waals surface area contributed by atoms with E-state index in [4.69, 9.17) is 5.73 Å². The molecule has 0 amide bonds. The van der Waals surface area contributed by atoms with Crippen LogP contribution >= 0.6 is 0 Å². The summed E-state index contributed by atoms with van der Waals surface area (Å²) in [6.45, 7) is 1.90. The number of carbonyl (C=O) groups is 1. The van der Waals surface area contributed by atoms with Crippen molar-refractivity contribution in [2.24, 2.45) is 11.7 Å². The zero-order valence-corrected chi connectivity index (χ0v) is 12.5. The topological polar surface area (TPSA) is 92.0 Å². The Labute approximate surface area is 128 Å². The van der Waals surface area contributed by atoms with Crippen molar-refractivity contribution in [2.45, 2.75) is 20.0 Å². The third kappa shape index (κ3) is 2.49. The van der Waals surface area contributed by atoms with Gasteiger partial charge >= 0.3 is 0 Å². The van der Waals surface area contributed by atoms with Crippen LogP contribution in [0.25, 0.3) is 21.8 Å². The van der Waals surface area contributed by atoms with E-state index in [9.17, 15) is 9.90 Å². The van der Waals surface area contributed by atoms with Crippen molar-refractivity contribution in [3.63, 3.8) is 0 Å². The summed E-state index contributed by atoms with van der Waals surface area (Å²) in [4.78, 5) is 19.4. The van der Waals surface area contributed by atoms with Crippen molar-refractivity contribution >= 4 is 27.6 Å². The number of fused-ring (bicyclic) bond motifs is 3. The van der Waals surface area contributed by atoms with Gasteiger partial charge in [-0.15, -0.1) is 0 Å². The molecule has 0 spiro atoms. The number of hydrogen-bond donors (Lipinski definition) is 3. The minimum Gasteiger partial charge on any atom is -0.392 e. The molecular formula is C17H19N3O2. The van der Waals surface area contributed by atoms with Crippen LogP contribution in [-0.2, 0) is 17.8 Å². The molecule has 0 saturated carbocycles. The number of hydrogen-bond acceptors (Lipinski definition) is 4. The van der Waals surface area contributed by atoms with E-state index in [1.807, 2.05) is 24.3 Å². The number of ketones is 1. The quantitative estimate of drug-likeness (QED) is 0.671. The summed E-state index contributed by atoms with van der Waals surface area (Å²) in [5.41, 5.74) is 9.30. The smallest absolute Gasteiger partial charge is 0.134 e. The molecule has 0 bridgehead atoms. The molecule has 0 fully saturated rings. The summed E-state index contributed by atoms with van der Waals surface area (Å²) in [5, 5.41) is 11.4. The van der Waals surface area contributed by atoms with Gasteiger partial charge in [-0.1, -0.05) is 12.1 Å². The Hall–Kier alpha value is -2.24. The third-order valence-electron chi connectivity index (χ3n) is 4.15. The molecule has 3 rings (SSSR count). The predicted octanol–water partition coefficient (Wildman–Crippen LogP) is 1.91. The van der Waals surface area contributed by atoms with E-state index >= 15 is 0 Å². The number of Topliss-reactive ketones (excluding diaryl/α,β-unsaturated/α-hetero) is 1. The van der Waals surface area contributed by atoms with Gasteiger partial charge in [-0.3, -0.25) is 9.78 Å². The molecule has 0 aliphatic carbocycles. The molecule has 4 N–H and O–H groups in total. The molecule has 1 unspecified atom stereocenters. The summed E-state index contributed by atoms with van der Waals surface area (Å²) >= 11 is 0. The summed E-state index contributed by atoms with van der Waals surface area (Å²) < 4.78 is 0. The fourth-order valence-corrected chi connectivity index (χ4v) is 2.81. The Bertz CT molecular complexity index is 838.